The Hall–Kier alpha value is -1.54. The molecule has 0 spiro atoms. The second-order valence-corrected chi connectivity index (χ2v) is 4.25. The van der Waals surface area contributed by atoms with Crippen molar-refractivity contribution in [2.45, 2.75) is 0 Å². The summed E-state index contributed by atoms with van der Waals surface area (Å²) < 4.78 is 0. The predicted molar refractivity (Wildman–Crippen MR) is 71.2 cm³/mol. The summed E-state index contributed by atoms with van der Waals surface area (Å²) in [5.41, 5.74) is 2.20. The largest absolute Gasteiger partial charge is 0.377 e. The molecule has 0 aliphatic rings. The minimum Gasteiger partial charge on any atom is -0.377 e. The number of halogens is 1. The first-order chi connectivity index (χ1) is 7.61. The van der Waals surface area contributed by atoms with Crippen molar-refractivity contribution in [2.75, 3.05) is 19.0 Å². The first-order valence-electron chi connectivity index (χ1n) is 5.01. The summed E-state index contributed by atoms with van der Waals surface area (Å²) in [7, 11) is 4.02. The number of hydrogen-bond donors (Lipinski definition) is 0. The SMILES string of the molecule is C=Cc1cc(N(C)C)c2cnc(Cl)cc2c1. The molecule has 82 valence electrons. The van der Waals surface area contributed by atoms with Crippen LogP contribution in [0.15, 0.2) is 31.0 Å². The molecule has 2 aromatic rings. The highest BCUT2D eigenvalue weighted by Gasteiger charge is 2.05. The third-order valence-corrected chi connectivity index (χ3v) is 2.73. The molecule has 0 amide bonds. The van der Waals surface area contributed by atoms with Gasteiger partial charge in [0.2, 0.25) is 0 Å². The number of nitrogens with zero attached hydrogens (tertiary/aromatic N) is 2. The Bertz CT molecular complexity index is 547. The Morgan fingerprint density at radius 3 is 2.69 bits per heavy atom. The van der Waals surface area contributed by atoms with Gasteiger partial charge in [0.25, 0.3) is 0 Å². The van der Waals surface area contributed by atoms with Crippen LogP contribution in [0.1, 0.15) is 5.56 Å². The van der Waals surface area contributed by atoms with Crippen molar-refractivity contribution in [1.29, 1.82) is 0 Å². The van der Waals surface area contributed by atoms with Crippen LogP contribution in [0.2, 0.25) is 5.15 Å². The summed E-state index contributed by atoms with van der Waals surface area (Å²) in [6, 6.07) is 6.02. The normalized spacial score (nSPS) is 10.4. The lowest BCUT2D eigenvalue weighted by Crippen LogP contribution is -2.09. The first kappa shape index (κ1) is 11.0. The molecule has 0 atom stereocenters. The van der Waals surface area contributed by atoms with E-state index in [4.69, 9.17) is 11.6 Å². The average Bonchev–Trinajstić information content (AvgIpc) is 2.26. The fourth-order valence-electron chi connectivity index (χ4n) is 1.72. The Morgan fingerprint density at radius 2 is 2.06 bits per heavy atom. The zero-order valence-electron chi connectivity index (χ0n) is 9.37. The van der Waals surface area contributed by atoms with Gasteiger partial charge < -0.3 is 4.90 Å². The minimum absolute atomic E-state index is 0.512. The van der Waals surface area contributed by atoms with Crippen LogP contribution >= 0.6 is 11.6 Å². The van der Waals surface area contributed by atoms with Gasteiger partial charge in [0.05, 0.1) is 0 Å². The summed E-state index contributed by atoms with van der Waals surface area (Å²) in [6.07, 6.45) is 3.64. The van der Waals surface area contributed by atoms with Crippen LogP contribution in [0.4, 0.5) is 5.69 Å². The fraction of sp³-hybridized carbons (Fsp3) is 0.154. The molecule has 0 bridgehead atoms. The Labute approximate surface area is 100 Å². The molecule has 0 aliphatic heterocycles. The lowest BCUT2D eigenvalue weighted by molar-refractivity contribution is 1.14. The van der Waals surface area contributed by atoms with Gasteiger partial charge in [-0.25, -0.2) is 4.98 Å². The molecule has 2 nitrogen and oxygen atoms in total. The van der Waals surface area contributed by atoms with Gasteiger partial charge in [-0.2, -0.15) is 0 Å². The molecule has 16 heavy (non-hydrogen) atoms. The van der Waals surface area contributed by atoms with Crippen LogP contribution in [0, 0.1) is 0 Å². The summed E-state index contributed by atoms with van der Waals surface area (Å²) >= 11 is 5.90. The van der Waals surface area contributed by atoms with Gasteiger partial charge in [0.15, 0.2) is 0 Å². The topological polar surface area (TPSA) is 16.1 Å². The Balaban J connectivity index is 2.81. The molecule has 0 fully saturated rings. The zero-order valence-corrected chi connectivity index (χ0v) is 10.1. The molecule has 2 rings (SSSR count). The number of aromatic nitrogens is 1. The Kier molecular flexibility index (Phi) is 2.84. The molecule has 3 heteroatoms. The van der Waals surface area contributed by atoms with Crippen LogP contribution in [0.3, 0.4) is 0 Å². The van der Waals surface area contributed by atoms with Crippen LogP contribution in [-0.2, 0) is 0 Å². The maximum atomic E-state index is 5.90. The van der Waals surface area contributed by atoms with E-state index in [0.717, 1.165) is 22.0 Å². The van der Waals surface area contributed by atoms with E-state index in [0.29, 0.717) is 5.15 Å². The van der Waals surface area contributed by atoms with Crippen LogP contribution < -0.4 is 4.90 Å². The Morgan fingerprint density at radius 1 is 1.31 bits per heavy atom. The molecular weight excluding hydrogens is 220 g/mol. The summed E-state index contributed by atoms with van der Waals surface area (Å²) in [6.45, 7) is 3.79. The number of fused-ring (bicyclic) bond motifs is 1. The van der Waals surface area contributed by atoms with Crippen molar-refractivity contribution >= 4 is 34.1 Å². The summed E-state index contributed by atoms with van der Waals surface area (Å²) in [4.78, 5) is 6.18. The molecular formula is C13H13ClN2. The van der Waals surface area contributed by atoms with Crippen LogP contribution in [0.25, 0.3) is 16.8 Å². The van der Waals surface area contributed by atoms with E-state index in [1.54, 1.807) is 6.20 Å². The van der Waals surface area contributed by atoms with Crippen molar-refractivity contribution in [3.05, 3.63) is 41.7 Å². The number of anilines is 1. The molecule has 0 aliphatic carbocycles. The summed E-state index contributed by atoms with van der Waals surface area (Å²) in [5, 5.41) is 2.69. The predicted octanol–water partition coefficient (Wildman–Crippen LogP) is 3.60. The third-order valence-electron chi connectivity index (χ3n) is 2.52. The van der Waals surface area contributed by atoms with Gasteiger partial charge in [0, 0.05) is 31.4 Å². The van der Waals surface area contributed by atoms with Gasteiger partial charge in [-0.3, -0.25) is 0 Å². The number of rotatable bonds is 2. The minimum atomic E-state index is 0.512. The quantitative estimate of drug-likeness (QED) is 0.736. The van der Waals surface area contributed by atoms with E-state index in [-0.39, 0.29) is 0 Å². The highest BCUT2D eigenvalue weighted by molar-refractivity contribution is 6.30. The van der Waals surface area contributed by atoms with Gasteiger partial charge in [-0.05, 0) is 29.1 Å². The number of hydrogen-bond acceptors (Lipinski definition) is 2. The molecule has 0 saturated heterocycles. The van der Waals surface area contributed by atoms with E-state index < -0.39 is 0 Å². The highest BCUT2D eigenvalue weighted by atomic mass is 35.5. The molecule has 1 heterocycles. The average molecular weight is 233 g/mol. The standard InChI is InChI=1S/C13H13ClN2/c1-4-9-5-10-7-13(14)15-8-11(10)12(6-9)16(2)3/h4-8H,1H2,2-3H3. The van der Waals surface area contributed by atoms with E-state index in [9.17, 15) is 0 Å². The molecule has 1 aromatic heterocycles. The van der Waals surface area contributed by atoms with Gasteiger partial charge in [-0.1, -0.05) is 24.3 Å². The van der Waals surface area contributed by atoms with E-state index >= 15 is 0 Å². The fourth-order valence-corrected chi connectivity index (χ4v) is 1.89. The van der Waals surface area contributed by atoms with Crippen LogP contribution in [0.5, 0.6) is 0 Å². The van der Waals surface area contributed by atoms with Gasteiger partial charge >= 0.3 is 0 Å². The van der Waals surface area contributed by atoms with Crippen molar-refractivity contribution < 1.29 is 0 Å². The second kappa shape index (κ2) is 4.14. The van der Waals surface area contributed by atoms with E-state index in [2.05, 4.69) is 28.6 Å². The highest BCUT2D eigenvalue weighted by Crippen LogP contribution is 2.28. The molecule has 0 unspecified atom stereocenters. The van der Waals surface area contributed by atoms with Crippen molar-refractivity contribution in [3.63, 3.8) is 0 Å². The van der Waals surface area contributed by atoms with E-state index in [1.165, 1.54) is 0 Å². The van der Waals surface area contributed by atoms with Crippen molar-refractivity contribution in [2.24, 2.45) is 0 Å². The molecule has 0 N–H and O–H groups in total. The second-order valence-electron chi connectivity index (χ2n) is 3.87. The lowest BCUT2D eigenvalue weighted by Gasteiger charge is -2.16. The smallest absolute Gasteiger partial charge is 0.129 e. The lowest BCUT2D eigenvalue weighted by atomic mass is 10.1. The van der Waals surface area contributed by atoms with Gasteiger partial charge in [-0.15, -0.1) is 0 Å². The van der Waals surface area contributed by atoms with E-state index in [1.807, 2.05) is 26.2 Å². The summed E-state index contributed by atoms with van der Waals surface area (Å²) in [5.74, 6) is 0. The van der Waals surface area contributed by atoms with Crippen molar-refractivity contribution in [3.8, 4) is 0 Å². The molecule has 0 radical (unpaired) electrons. The van der Waals surface area contributed by atoms with Crippen LogP contribution in [-0.4, -0.2) is 19.1 Å². The number of benzene rings is 1. The third kappa shape index (κ3) is 1.89. The maximum Gasteiger partial charge on any atom is 0.129 e. The maximum absolute atomic E-state index is 5.90. The number of pyridine rings is 1. The molecule has 1 aromatic carbocycles. The van der Waals surface area contributed by atoms with Crippen molar-refractivity contribution in [1.82, 2.24) is 4.98 Å². The molecule has 0 saturated carbocycles. The van der Waals surface area contributed by atoms with Gasteiger partial charge in [0.1, 0.15) is 5.15 Å². The zero-order chi connectivity index (χ0) is 11.7. The monoisotopic (exact) mass is 232 g/mol. The first-order valence-corrected chi connectivity index (χ1v) is 5.38.